The maximum absolute atomic E-state index is 5.73. The van der Waals surface area contributed by atoms with Crippen molar-refractivity contribution in [3.63, 3.8) is 0 Å². The van der Waals surface area contributed by atoms with E-state index in [4.69, 9.17) is 4.74 Å². The van der Waals surface area contributed by atoms with Gasteiger partial charge in [0.1, 0.15) is 18.2 Å². The van der Waals surface area contributed by atoms with Crippen LogP contribution in [0, 0.1) is 20.8 Å². The SMILES string of the molecule is Cc1cc(C)cc(OCCNc2cccc(C)n2)c1. The predicted octanol–water partition coefficient (Wildman–Crippen LogP) is 3.50. The van der Waals surface area contributed by atoms with Crippen LogP contribution in [0.15, 0.2) is 36.4 Å². The first-order chi connectivity index (χ1) is 9.13. The number of nitrogens with one attached hydrogen (secondary N) is 1. The lowest BCUT2D eigenvalue weighted by Gasteiger charge is -2.09. The number of pyridine rings is 1. The van der Waals surface area contributed by atoms with Gasteiger partial charge in [0, 0.05) is 5.69 Å². The zero-order chi connectivity index (χ0) is 13.7. The second kappa shape index (κ2) is 6.23. The van der Waals surface area contributed by atoms with E-state index in [2.05, 4.69) is 42.3 Å². The number of benzene rings is 1. The van der Waals surface area contributed by atoms with Gasteiger partial charge in [-0.2, -0.15) is 0 Å². The number of hydrogen-bond donors (Lipinski definition) is 1. The Morgan fingerprint density at radius 3 is 2.47 bits per heavy atom. The number of nitrogens with zero attached hydrogens (tertiary/aromatic N) is 1. The summed E-state index contributed by atoms with van der Waals surface area (Å²) in [7, 11) is 0. The molecule has 3 nitrogen and oxygen atoms in total. The van der Waals surface area contributed by atoms with Crippen molar-refractivity contribution in [2.24, 2.45) is 0 Å². The summed E-state index contributed by atoms with van der Waals surface area (Å²) in [5.41, 5.74) is 3.46. The highest BCUT2D eigenvalue weighted by Crippen LogP contribution is 2.16. The molecule has 0 aliphatic rings. The van der Waals surface area contributed by atoms with Crippen LogP contribution in [-0.4, -0.2) is 18.1 Å². The molecule has 0 aliphatic heterocycles. The lowest BCUT2D eigenvalue weighted by molar-refractivity contribution is 0.332. The predicted molar refractivity (Wildman–Crippen MR) is 78.9 cm³/mol. The van der Waals surface area contributed by atoms with Gasteiger partial charge in [-0.05, 0) is 56.2 Å². The van der Waals surface area contributed by atoms with Crippen molar-refractivity contribution in [1.29, 1.82) is 0 Å². The number of ether oxygens (including phenoxy) is 1. The Hall–Kier alpha value is -2.03. The average molecular weight is 256 g/mol. The summed E-state index contributed by atoms with van der Waals surface area (Å²) in [5, 5.41) is 3.25. The molecule has 0 fully saturated rings. The fraction of sp³-hybridized carbons (Fsp3) is 0.312. The minimum atomic E-state index is 0.624. The molecule has 0 atom stereocenters. The van der Waals surface area contributed by atoms with Gasteiger partial charge in [0.05, 0.1) is 6.54 Å². The van der Waals surface area contributed by atoms with Gasteiger partial charge >= 0.3 is 0 Å². The van der Waals surface area contributed by atoms with Gasteiger partial charge < -0.3 is 10.1 Å². The van der Waals surface area contributed by atoms with Crippen molar-refractivity contribution in [1.82, 2.24) is 4.98 Å². The first-order valence-corrected chi connectivity index (χ1v) is 6.52. The van der Waals surface area contributed by atoms with E-state index in [9.17, 15) is 0 Å². The number of aromatic nitrogens is 1. The van der Waals surface area contributed by atoms with E-state index in [0.717, 1.165) is 23.8 Å². The molecule has 0 spiro atoms. The quantitative estimate of drug-likeness (QED) is 0.831. The zero-order valence-corrected chi connectivity index (χ0v) is 11.7. The topological polar surface area (TPSA) is 34.1 Å². The fourth-order valence-corrected chi connectivity index (χ4v) is 2.01. The van der Waals surface area contributed by atoms with E-state index in [0.29, 0.717) is 6.61 Å². The molecule has 0 aliphatic carbocycles. The molecule has 0 saturated heterocycles. The maximum atomic E-state index is 5.73. The minimum Gasteiger partial charge on any atom is -0.492 e. The molecule has 1 N–H and O–H groups in total. The number of rotatable bonds is 5. The molecular formula is C16H20N2O. The van der Waals surface area contributed by atoms with E-state index in [1.165, 1.54) is 11.1 Å². The molecule has 1 aromatic carbocycles. The van der Waals surface area contributed by atoms with Gasteiger partial charge in [0.25, 0.3) is 0 Å². The lowest BCUT2D eigenvalue weighted by Crippen LogP contribution is -2.12. The summed E-state index contributed by atoms with van der Waals surface area (Å²) in [4.78, 5) is 4.38. The number of aryl methyl sites for hydroxylation is 3. The Labute approximate surface area is 114 Å². The monoisotopic (exact) mass is 256 g/mol. The third-order valence-corrected chi connectivity index (χ3v) is 2.76. The molecule has 0 amide bonds. The molecule has 1 aromatic heterocycles. The Morgan fingerprint density at radius 1 is 1.05 bits per heavy atom. The van der Waals surface area contributed by atoms with Gasteiger partial charge in [0.15, 0.2) is 0 Å². The van der Waals surface area contributed by atoms with Crippen LogP contribution in [0.4, 0.5) is 5.82 Å². The smallest absolute Gasteiger partial charge is 0.126 e. The minimum absolute atomic E-state index is 0.624. The van der Waals surface area contributed by atoms with Gasteiger partial charge in [-0.15, -0.1) is 0 Å². The molecular weight excluding hydrogens is 236 g/mol. The van der Waals surface area contributed by atoms with Crippen molar-refractivity contribution >= 4 is 5.82 Å². The Morgan fingerprint density at radius 2 is 1.79 bits per heavy atom. The second-order valence-corrected chi connectivity index (χ2v) is 4.76. The molecule has 0 saturated carbocycles. The molecule has 100 valence electrons. The molecule has 2 rings (SSSR count). The molecule has 19 heavy (non-hydrogen) atoms. The van der Waals surface area contributed by atoms with E-state index in [-0.39, 0.29) is 0 Å². The lowest BCUT2D eigenvalue weighted by atomic mass is 10.1. The van der Waals surface area contributed by atoms with Crippen molar-refractivity contribution in [3.8, 4) is 5.75 Å². The molecule has 2 aromatic rings. The summed E-state index contributed by atoms with van der Waals surface area (Å²) in [5.74, 6) is 1.82. The first-order valence-electron chi connectivity index (χ1n) is 6.52. The van der Waals surface area contributed by atoms with Gasteiger partial charge in [-0.1, -0.05) is 12.1 Å². The highest BCUT2D eigenvalue weighted by Gasteiger charge is 1.97. The Bertz CT molecular complexity index is 532. The highest BCUT2D eigenvalue weighted by atomic mass is 16.5. The van der Waals surface area contributed by atoms with Crippen LogP contribution >= 0.6 is 0 Å². The largest absolute Gasteiger partial charge is 0.492 e. The summed E-state index contributed by atoms with van der Waals surface area (Å²) in [6.45, 7) is 7.50. The summed E-state index contributed by atoms with van der Waals surface area (Å²) in [6.07, 6.45) is 0. The fourth-order valence-electron chi connectivity index (χ4n) is 2.01. The van der Waals surface area contributed by atoms with Crippen LogP contribution < -0.4 is 10.1 Å². The summed E-state index contributed by atoms with van der Waals surface area (Å²) < 4.78 is 5.73. The van der Waals surface area contributed by atoms with Crippen LogP contribution in [0.3, 0.4) is 0 Å². The normalized spacial score (nSPS) is 10.3. The Kier molecular flexibility index (Phi) is 4.39. The molecule has 0 unspecified atom stereocenters. The van der Waals surface area contributed by atoms with Gasteiger partial charge in [0.2, 0.25) is 0 Å². The van der Waals surface area contributed by atoms with Crippen molar-refractivity contribution in [2.45, 2.75) is 20.8 Å². The van der Waals surface area contributed by atoms with Crippen molar-refractivity contribution in [3.05, 3.63) is 53.2 Å². The third-order valence-electron chi connectivity index (χ3n) is 2.76. The third kappa shape index (κ3) is 4.28. The summed E-state index contributed by atoms with van der Waals surface area (Å²) >= 11 is 0. The van der Waals surface area contributed by atoms with Crippen LogP contribution in [0.1, 0.15) is 16.8 Å². The van der Waals surface area contributed by atoms with Gasteiger partial charge in [-0.3, -0.25) is 0 Å². The van der Waals surface area contributed by atoms with Gasteiger partial charge in [-0.25, -0.2) is 4.98 Å². The van der Waals surface area contributed by atoms with Crippen LogP contribution in [0.5, 0.6) is 5.75 Å². The zero-order valence-electron chi connectivity index (χ0n) is 11.7. The van der Waals surface area contributed by atoms with E-state index in [1.807, 2.05) is 25.1 Å². The average Bonchev–Trinajstić information content (AvgIpc) is 2.34. The number of anilines is 1. The van der Waals surface area contributed by atoms with Crippen LogP contribution in [0.2, 0.25) is 0 Å². The van der Waals surface area contributed by atoms with Crippen LogP contribution in [0.25, 0.3) is 0 Å². The highest BCUT2D eigenvalue weighted by molar-refractivity contribution is 5.35. The molecule has 0 bridgehead atoms. The van der Waals surface area contributed by atoms with E-state index in [1.54, 1.807) is 0 Å². The second-order valence-electron chi connectivity index (χ2n) is 4.76. The standard InChI is InChI=1S/C16H20N2O/c1-12-9-13(2)11-15(10-12)19-8-7-17-16-6-4-5-14(3)18-16/h4-6,9-11H,7-8H2,1-3H3,(H,17,18). The van der Waals surface area contributed by atoms with Crippen LogP contribution in [-0.2, 0) is 0 Å². The maximum Gasteiger partial charge on any atom is 0.126 e. The van der Waals surface area contributed by atoms with Crippen molar-refractivity contribution < 1.29 is 4.74 Å². The molecule has 0 radical (unpaired) electrons. The molecule has 3 heteroatoms. The number of hydrogen-bond acceptors (Lipinski definition) is 3. The van der Waals surface area contributed by atoms with E-state index < -0.39 is 0 Å². The van der Waals surface area contributed by atoms with E-state index >= 15 is 0 Å². The molecule has 1 heterocycles. The summed E-state index contributed by atoms with van der Waals surface area (Å²) in [6, 6.07) is 12.2. The Balaban J connectivity index is 1.80. The first kappa shape index (κ1) is 13.4. The van der Waals surface area contributed by atoms with Crippen molar-refractivity contribution in [2.75, 3.05) is 18.5 Å².